The molecule has 0 N–H and O–H groups in total. The Morgan fingerprint density at radius 3 is 1.50 bits per heavy atom. The first kappa shape index (κ1) is 47.3. The Bertz CT molecular complexity index is 3160. The van der Waals surface area contributed by atoms with Gasteiger partial charge in [0.05, 0.1) is 0 Å². The Balaban J connectivity index is 1.29. The summed E-state index contributed by atoms with van der Waals surface area (Å²) in [7, 11) is 0. The molecule has 6 aromatic carbocycles. The molecule has 2 heterocycles. The maximum atomic E-state index is 2.77. The van der Waals surface area contributed by atoms with Crippen LogP contribution in [0.15, 0.2) is 103 Å². The highest BCUT2D eigenvalue weighted by atomic mass is 15.2. The number of fused-ring (bicyclic) bond motifs is 7. The zero-order valence-corrected chi connectivity index (χ0v) is 46.3. The second-order valence-corrected chi connectivity index (χ2v) is 28.4. The number of aryl methyl sites for hydroxylation is 1. The van der Waals surface area contributed by atoms with Crippen LogP contribution in [0.25, 0.3) is 0 Å². The van der Waals surface area contributed by atoms with Crippen molar-refractivity contribution < 1.29 is 0 Å². The molecule has 0 radical (unpaired) electrons. The predicted molar refractivity (Wildman–Crippen MR) is 304 cm³/mol. The van der Waals surface area contributed by atoms with Crippen LogP contribution in [0, 0.1) is 6.92 Å². The van der Waals surface area contributed by atoms with Gasteiger partial charge in [0.2, 0.25) is 0 Å². The molecule has 3 aliphatic carbocycles. The molecule has 0 aromatic heterocycles. The summed E-state index contributed by atoms with van der Waals surface area (Å²) >= 11 is 0. The zero-order valence-electron chi connectivity index (χ0n) is 46.3. The average molecular weight is 925 g/mol. The van der Waals surface area contributed by atoms with Gasteiger partial charge in [-0.1, -0.05) is 178 Å². The van der Waals surface area contributed by atoms with Crippen molar-refractivity contribution in [1.29, 1.82) is 0 Å². The van der Waals surface area contributed by atoms with Crippen molar-refractivity contribution in [1.82, 2.24) is 0 Å². The molecule has 0 spiro atoms. The third kappa shape index (κ3) is 6.92. The van der Waals surface area contributed by atoms with Crippen LogP contribution in [0.2, 0.25) is 0 Å². The standard InChI is InChI=1S/C67H81BN2/c1-41-32-47-50(64(11,12)31-30-62(47,7)8)38-55(41)70-56-39-51-49(65(13,14)40-66(51,15)16)37-53(56)68-52-33-43(67(17,18)42-22-20-19-21-23-42)24-27-54(52)69(57-34-44(60(2,3)4)35-58(70)59(57)68)45-25-26-46-48(36-45)63(9,10)29-28-61(46,5)6/h19-27,32-39H,28-31,40H2,1-18H3. The van der Waals surface area contributed by atoms with Gasteiger partial charge in [0, 0.05) is 39.5 Å². The second kappa shape index (κ2) is 14.8. The van der Waals surface area contributed by atoms with Crippen LogP contribution in [-0.4, -0.2) is 6.71 Å². The van der Waals surface area contributed by atoms with Crippen LogP contribution < -0.4 is 26.2 Å². The number of nitrogens with zero attached hydrogens (tertiary/aromatic N) is 2. The predicted octanol–water partition coefficient (Wildman–Crippen LogP) is 16.4. The minimum absolute atomic E-state index is 0.0224. The van der Waals surface area contributed by atoms with E-state index in [-0.39, 0.29) is 50.0 Å². The van der Waals surface area contributed by atoms with Crippen molar-refractivity contribution in [2.24, 2.45) is 0 Å². The summed E-state index contributed by atoms with van der Waals surface area (Å²) in [4.78, 5) is 5.47. The summed E-state index contributed by atoms with van der Waals surface area (Å²) in [6.45, 7) is 44.3. The van der Waals surface area contributed by atoms with E-state index in [0.29, 0.717) is 0 Å². The van der Waals surface area contributed by atoms with Crippen molar-refractivity contribution in [3.8, 4) is 0 Å². The quantitative estimate of drug-likeness (QED) is 0.162. The van der Waals surface area contributed by atoms with Gasteiger partial charge in [-0.15, -0.1) is 0 Å². The fourth-order valence-corrected chi connectivity index (χ4v) is 14.5. The lowest BCUT2D eigenvalue weighted by molar-refractivity contribution is 0.332. The van der Waals surface area contributed by atoms with Gasteiger partial charge in [-0.25, -0.2) is 0 Å². The normalized spacial score (nSPS) is 20.5. The van der Waals surface area contributed by atoms with Gasteiger partial charge in [0.25, 0.3) is 6.71 Å². The number of anilines is 6. The molecule has 2 nitrogen and oxygen atoms in total. The monoisotopic (exact) mass is 925 g/mol. The van der Waals surface area contributed by atoms with Crippen molar-refractivity contribution in [3.63, 3.8) is 0 Å². The first-order chi connectivity index (χ1) is 32.4. The van der Waals surface area contributed by atoms with Crippen LogP contribution in [-0.2, 0) is 43.3 Å². The highest BCUT2D eigenvalue weighted by Crippen LogP contribution is 2.56. The first-order valence-corrected chi connectivity index (χ1v) is 26.9. The maximum absolute atomic E-state index is 2.77. The zero-order chi connectivity index (χ0) is 50.3. The molecule has 11 rings (SSSR count). The molecule has 0 atom stereocenters. The number of benzene rings is 6. The summed E-state index contributed by atoms with van der Waals surface area (Å²) in [6.07, 6.45) is 5.89. The molecule has 0 amide bonds. The highest BCUT2D eigenvalue weighted by molar-refractivity contribution is 7.00. The summed E-state index contributed by atoms with van der Waals surface area (Å²) in [5.41, 5.74) is 26.7. The molecule has 0 unspecified atom stereocenters. The van der Waals surface area contributed by atoms with Crippen molar-refractivity contribution in [2.75, 3.05) is 9.80 Å². The largest absolute Gasteiger partial charge is 0.311 e. The SMILES string of the molecule is Cc1cc2c(cc1N1c3cc4c(cc3B3c5cc(C(C)(C)c6ccccc6)ccc5N(c5ccc6c(c5)C(C)(C)CCC6(C)C)c5cc(C(C)(C)C)cc1c53)C(C)(C)CC4(C)C)C(C)(C)CCC2(C)C. The van der Waals surface area contributed by atoms with E-state index in [1.807, 2.05) is 0 Å². The van der Waals surface area contributed by atoms with E-state index in [1.165, 1.54) is 132 Å². The van der Waals surface area contributed by atoms with Crippen molar-refractivity contribution >= 4 is 57.2 Å². The van der Waals surface area contributed by atoms with E-state index in [2.05, 4.69) is 238 Å². The smallest absolute Gasteiger partial charge is 0.252 e. The molecule has 6 aromatic rings. The van der Waals surface area contributed by atoms with Crippen LogP contribution in [0.4, 0.5) is 34.1 Å². The summed E-state index contributed by atoms with van der Waals surface area (Å²) in [5, 5.41) is 0. The fourth-order valence-electron chi connectivity index (χ4n) is 14.5. The minimum atomic E-state index is -0.212. The summed E-state index contributed by atoms with van der Waals surface area (Å²) < 4.78 is 0. The summed E-state index contributed by atoms with van der Waals surface area (Å²) in [5.74, 6) is 0. The Morgan fingerprint density at radius 1 is 0.400 bits per heavy atom. The lowest BCUT2D eigenvalue weighted by Gasteiger charge is -2.47. The maximum Gasteiger partial charge on any atom is 0.252 e. The average Bonchev–Trinajstić information content (AvgIpc) is 3.47. The minimum Gasteiger partial charge on any atom is -0.311 e. The number of hydrogen-bond acceptors (Lipinski definition) is 2. The third-order valence-corrected chi connectivity index (χ3v) is 19.1. The van der Waals surface area contributed by atoms with E-state index in [1.54, 1.807) is 0 Å². The lowest BCUT2D eigenvalue weighted by Crippen LogP contribution is -2.62. The molecule has 5 aliphatic rings. The summed E-state index contributed by atoms with van der Waals surface area (Å²) in [6, 6.07) is 42.2. The van der Waals surface area contributed by atoms with Crippen LogP contribution >= 0.6 is 0 Å². The Hall–Kier alpha value is -5.02. The van der Waals surface area contributed by atoms with E-state index in [9.17, 15) is 0 Å². The first-order valence-electron chi connectivity index (χ1n) is 26.9. The van der Waals surface area contributed by atoms with Gasteiger partial charge in [0.1, 0.15) is 0 Å². The molecule has 362 valence electrons. The number of hydrogen-bond donors (Lipinski definition) is 0. The Kier molecular flexibility index (Phi) is 10.0. The van der Waals surface area contributed by atoms with Gasteiger partial charge in [-0.2, -0.15) is 0 Å². The molecule has 0 saturated heterocycles. The third-order valence-electron chi connectivity index (χ3n) is 19.1. The lowest BCUT2D eigenvalue weighted by atomic mass is 9.33. The fraction of sp³-hybridized carbons (Fsp3) is 0.463. The van der Waals surface area contributed by atoms with E-state index in [0.717, 1.165) is 6.42 Å². The van der Waals surface area contributed by atoms with Gasteiger partial charge in [0.15, 0.2) is 0 Å². The Morgan fingerprint density at radius 2 is 0.900 bits per heavy atom. The van der Waals surface area contributed by atoms with Crippen LogP contribution in [0.1, 0.15) is 205 Å². The molecule has 70 heavy (non-hydrogen) atoms. The topological polar surface area (TPSA) is 6.48 Å². The van der Waals surface area contributed by atoms with E-state index in [4.69, 9.17) is 0 Å². The molecule has 2 aliphatic heterocycles. The van der Waals surface area contributed by atoms with Crippen LogP contribution in [0.3, 0.4) is 0 Å². The van der Waals surface area contributed by atoms with Gasteiger partial charge < -0.3 is 9.80 Å². The second-order valence-electron chi connectivity index (χ2n) is 28.4. The highest BCUT2D eigenvalue weighted by Gasteiger charge is 2.50. The number of rotatable bonds is 4. The molecule has 3 heteroatoms. The van der Waals surface area contributed by atoms with Crippen molar-refractivity contribution in [3.05, 3.63) is 159 Å². The molecule has 0 bridgehead atoms. The van der Waals surface area contributed by atoms with Crippen LogP contribution in [0.5, 0.6) is 0 Å². The van der Waals surface area contributed by atoms with Gasteiger partial charge >= 0.3 is 0 Å². The molecule has 0 saturated carbocycles. The van der Waals surface area contributed by atoms with E-state index < -0.39 is 0 Å². The van der Waals surface area contributed by atoms with Gasteiger partial charge in [-0.3, -0.25) is 0 Å². The molecular formula is C67H81BN2. The Labute approximate surface area is 423 Å². The van der Waals surface area contributed by atoms with Gasteiger partial charge in [-0.05, 0) is 191 Å². The van der Waals surface area contributed by atoms with E-state index >= 15 is 0 Å². The van der Waals surface area contributed by atoms with Crippen molar-refractivity contribution in [2.45, 2.75) is 200 Å². The molecule has 0 fully saturated rings. The molecular weight excluding hydrogens is 844 g/mol.